The van der Waals surface area contributed by atoms with E-state index in [1.165, 1.54) is 12.1 Å². The van der Waals surface area contributed by atoms with Crippen LogP contribution in [-0.4, -0.2) is 20.5 Å². The number of fused-ring (bicyclic) bond motifs is 1. The zero-order chi connectivity index (χ0) is 18.5. The number of para-hydroxylation sites is 1. The van der Waals surface area contributed by atoms with Crippen molar-refractivity contribution in [3.8, 4) is 0 Å². The maximum absolute atomic E-state index is 12.1. The van der Waals surface area contributed by atoms with Crippen LogP contribution in [0.15, 0.2) is 60.8 Å². The third kappa shape index (κ3) is 4.14. The minimum atomic E-state index is -0.450. The fourth-order valence-electron chi connectivity index (χ4n) is 2.44. The molecule has 0 fully saturated rings. The van der Waals surface area contributed by atoms with Crippen LogP contribution in [0.5, 0.6) is 0 Å². The van der Waals surface area contributed by atoms with Gasteiger partial charge in [0, 0.05) is 34.9 Å². The van der Waals surface area contributed by atoms with Crippen molar-refractivity contribution in [2.75, 3.05) is 5.32 Å². The van der Waals surface area contributed by atoms with Crippen molar-refractivity contribution in [3.05, 3.63) is 70.9 Å². The van der Waals surface area contributed by atoms with Crippen LogP contribution in [0.1, 0.15) is 0 Å². The Bertz CT molecular complexity index is 971. The first-order chi connectivity index (χ1) is 12.5. The SMILES string of the molecule is O=C(Cn1ccc2cc([N+](=O)[O-])ccc21)NNC(=S)Nc1ccccc1. The first-order valence-corrected chi connectivity index (χ1v) is 8.08. The number of nitro benzene ring substituents is 1. The number of anilines is 1. The molecule has 1 amide bonds. The van der Waals surface area contributed by atoms with Gasteiger partial charge in [0.2, 0.25) is 0 Å². The Morgan fingerprint density at radius 2 is 1.88 bits per heavy atom. The van der Waals surface area contributed by atoms with E-state index in [-0.39, 0.29) is 23.3 Å². The summed E-state index contributed by atoms with van der Waals surface area (Å²) in [6.07, 6.45) is 1.70. The Morgan fingerprint density at radius 1 is 1.12 bits per heavy atom. The fraction of sp³-hybridized carbons (Fsp3) is 0.0588. The molecule has 1 heterocycles. The van der Waals surface area contributed by atoms with Gasteiger partial charge in [0.05, 0.1) is 4.92 Å². The van der Waals surface area contributed by atoms with Crippen LogP contribution in [0.4, 0.5) is 11.4 Å². The van der Waals surface area contributed by atoms with Crippen molar-refractivity contribution in [1.29, 1.82) is 0 Å². The van der Waals surface area contributed by atoms with E-state index < -0.39 is 4.92 Å². The number of nitrogens with zero attached hydrogens (tertiary/aromatic N) is 2. The van der Waals surface area contributed by atoms with Crippen molar-refractivity contribution in [3.63, 3.8) is 0 Å². The van der Waals surface area contributed by atoms with Crippen molar-refractivity contribution in [2.45, 2.75) is 6.54 Å². The molecule has 0 aliphatic rings. The number of nitrogens with one attached hydrogen (secondary N) is 3. The highest BCUT2D eigenvalue weighted by Gasteiger charge is 2.11. The lowest BCUT2D eigenvalue weighted by atomic mass is 10.2. The van der Waals surface area contributed by atoms with Crippen LogP contribution in [0, 0.1) is 10.1 Å². The van der Waals surface area contributed by atoms with Gasteiger partial charge in [-0.2, -0.15) is 0 Å². The van der Waals surface area contributed by atoms with Crippen LogP contribution >= 0.6 is 12.2 Å². The van der Waals surface area contributed by atoms with Gasteiger partial charge in [-0.1, -0.05) is 18.2 Å². The highest BCUT2D eigenvalue weighted by molar-refractivity contribution is 7.80. The van der Waals surface area contributed by atoms with E-state index in [0.29, 0.717) is 5.39 Å². The number of aromatic nitrogens is 1. The molecule has 3 aromatic rings. The molecular formula is C17H15N5O3S. The molecule has 0 bridgehead atoms. The summed E-state index contributed by atoms with van der Waals surface area (Å²) in [5, 5.41) is 14.7. The number of hydrogen-bond donors (Lipinski definition) is 3. The summed E-state index contributed by atoms with van der Waals surface area (Å²) < 4.78 is 1.70. The van der Waals surface area contributed by atoms with Crippen LogP contribution < -0.4 is 16.2 Å². The predicted octanol–water partition coefficient (Wildman–Crippen LogP) is 2.57. The number of carbonyl (C=O) groups is 1. The summed E-state index contributed by atoms with van der Waals surface area (Å²) in [4.78, 5) is 22.5. The van der Waals surface area contributed by atoms with Crippen LogP contribution in [0.2, 0.25) is 0 Å². The molecule has 0 aliphatic carbocycles. The largest absolute Gasteiger partial charge is 0.338 e. The van der Waals surface area contributed by atoms with E-state index in [1.807, 2.05) is 30.3 Å². The molecule has 132 valence electrons. The fourth-order valence-corrected chi connectivity index (χ4v) is 2.61. The second-order valence-corrected chi connectivity index (χ2v) is 5.85. The molecule has 3 N–H and O–H groups in total. The molecule has 0 radical (unpaired) electrons. The summed E-state index contributed by atoms with van der Waals surface area (Å²) in [5.74, 6) is -0.307. The topological polar surface area (TPSA) is 101 Å². The van der Waals surface area contributed by atoms with Gasteiger partial charge in [-0.3, -0.25) is 25.8 Å². The highest BCUT2D eigenvalue weighted by Crippen LogP contribution is 2.21. The van der Waals surface area contributed by atoms with Crippen LogP contribution in [-0.2, 0) is 11.3 Å². The van der Waals surface area contributed by atoms with E-state index in [9.17, 15) is 14.9 Å². The van der Waals surface area contributed by atoms with Crippen LogP contribution in [0.25, 0.3) is 10.9 Å². The standard InChI is InChI=1S/C17H15N5O3S/c23-16(19-20-17(26)18-13-4-2-1-3-5-13)11-21-9-8-12-10-14(22(24)25)6-7-15(12)21/h1-10H,11H2,(H,19,23)(H2,18,20,26). The van der Waals surface area contributed by atoms with Gasteiger partial charge in [0.15, 0.2) is 5.11 Å². The summed E-state index contributed by atoms with van der Waals surface area (Å²) >= 11 is 5.11. The second-order valence-electron chi connectivity index (χ2n) is 5.44. The number of hydrogen-bond acceptors (Lipinski definition) is 4. The number of amides is 1. The third-order valence-corrected chi connectivity index (χ3v) is 3.83. The van der Waals surface area contributed by atoms with Crippen molar-refractivity contribution in [1.82, 2.24) is 15.4 Å². The monoisotopic (exact) mass is 369 g/mol. The summed E-state index contributed by atoms with van der Waals surface area (Å²) in [7, 11) is 0. The first-order valence-electron chi connectivity index (χ1n) is 7.67. The molecule has 0 unspecified atom stereocenters. The molecule has 9 heteroatoms. The summed E-state index contributed by atoms with van der Waals surface area (Å²) in [5.41, 5.74) is 6.70. The molecule has 3 rings (SSSR count). The van der Waals surface area contributed by atoms with Crippen molar-refractivity contribution in [2.24, 2.45) is 0 Å². The van der Waals surface area contributed by atoms with Gasteiger partial charge in [0.25, 0.3) is 11.6 Å². The van der Waals surface area contributed by atoms with Gasteiger partial charge < -0.3 is 9.88 Å². The highest BCUT2D eigenvalue weighted by atomic mass is 32.1. The molecule has 0 aliphatic heterocycles. The van der Waals surface area contributed by atoms with Gasteiger partial charge in [-0.25, -0.2) is 0 Å². The summed E-state index contributed by atoms with van der Waals surface area (Å²) in [6, 6.07) is 15.5. The Labute approximate surface area is 153 Å². The van der Waals surface area contributed by atoms with E-state index in [1.54, 1.807) is 22.9 Å². The number of benzene rings is 2. The van der Waals surface area contributed by atoms with Crippen LogP contribution in [0.3, 0.4) is 0 Å². The van der Waals surface area contributed by atoms with Crippen molar-refractivity contribution < 1.29 is 9.72 Å². The number of nitro groups is 1. The molecule has 8 nitrogen and oxygen atoms in total. The lowest BCUT2D eigenvalue weighted by Crippen LogP contribution is -2.45. The zero-order valence-corrected chi connectivity index (χ0v) is 14.3. The molecule has 1 aromatic heterocycles. The van der Waals surface area contributed by atoms with Crippen molar-refractivity contribution >= 4 is 45.5 Å². The minimum Gasteiger partial charge on any atom is -0.338 e. The Morgan fingerprint density at radius 3 is 2.62 bits per heavy atom. The number of non-ortho nitro benzene ring substituents is 1. The number of thiocarbonyl (C=S) groups is 1. The Balaban J connectivity index is 1.57. The average molecular weight is 369 g/mol. The first kappa shape index (κ1) is 17.4. The van der Waals surface area contributed by atoms with Gasteiger partial charge >= 0.3 is 0 Å². The normalized spacial score (nSPS) is 10.3. The maximum atomic E-state index is 12.1. The summed E-state index contributed by atoms with van der Waals surface area (Å²) in [6.45, 7) is 0.0439. The second kappa shape index (κ2) is 7.62. The molecular weight excluding hydrogens is 354 g/mol. The number of hydrazine groups is 1. The smallest absolute Gasteiger partial charge is 0.270 e. The molecule has 0 saturated heterocycles. The molecule has 26 heavy (non-hydrogen) atoms. The molecule has 0 atom stereocenters. The molecule has 0 spiro atoms. The maximum Gasteiger partial charge on any atom is 0.270 e. The molecule has 0 saturated carbocycles. The van der Waals surface area contributed by atoms with E-state index in [0.717, 1.165) is 11.2 Å². The average Bonchev–Trinajstić information content (AvgIpc) is 3.03. The third-order valence-electron chi connectivity index (χ3n) is 3.63. The number of rotatable bonds is 4. The predicted molar refractivity (Wildman–Crippen MR) is 103 cm³/mol. The lowest BCUT2D eigenvalue weighted by molar-refractivity contribution is -0.384. The number of carbonyl (C=O) groups excluding carboxylic acids is 1. The van der Waals surface area contributed by atoms with E-state index >= 15 is 0 Å². The van der Waals surface area contributed by atoms with Gasteiger partial charge in [-0.15, -0.1) is 0 Å². The quantitative estimate of drug-likeness (QED) is 0.371. The Kier molecular flexibility index (Phi) is 5.09. The minimum absolute atomic E-state index is 0.0127. The van der Waals surface area contributed by atoms with Gasteiger partial charge in [0.1, 0.15) is 6.54 Å². The van der Waals surface area contributed by atoms with E-state index in [2.05, 4.69) is 16.2 Å². The lowest BCUT2D eigenvalue weighted by Gasteiger charge is -2.12. The molecule has 2 aromatic carbocycles. The Hall–Kier alpha value is -3.46. The van der Waals surface area contributed by atoms with Gasteiger partial charge in [-0.05, 0) is 36.5 Å². The zero-order valence-electron chi connectivity index (χ0n) is 13.5. The van der Waals surface area contributed by atoms with E-state index in [4.69, 9.17) is 12.2 Å².